The molecule has 6 heteroatoms. The number of benzene rings is 1. The largest absolute Gasteiger partial charge is 0.485 e. The lowest BCUT2D eigenvalue weighted by molar-refractivity contribution is -0.142. The van der Waals surface area contributed by atoms with E-state index in [9.17, 15) is 13.2 Å². The summed E-state index contributed by atoms with van der Waals surface area (Å²) >= 11 is 0. The van der Waals surface area contributed by atoms with Crippen LogP contribution < -0.4 is 4.90 Å². The van der Waals surface area contributed by atoms with Gasteiger partial charge in [-0.25, -0.2) is 0 Å². The molecule has 0 saturated heterocycles. The summed E-state index contributed by atoms with van der Waals surface area (Å²) in [6.45, 7) is -0.909. The van der Waals surface area contributed by atoms with Crippen molar-refractivity contribution in [3.8, 4) is 0 Å². The number of rotatable bonds is 3. The molecule has 0 spiro atoms. The summed E-state index contributed by atoms with van der Waals surface area (Å²) in [5.74, 6) is 0. The lowest BCUT2D eigenvalue weighted by atomic mass is 10.3. The fourth-order valence-corrected chi connectivity index (χ4v) is 1.13. The zero-order chi connectivity index (χ0) is 11.5. The molecule has 0 atom stereocenters. The summed E-state index contributed by atoms with van der Waals surface area (Å²) < 4.78 is 37.4. The molecule has 0 unspecified atom stereocenters. The standard InChI is InChI=1S/C9H10F3NO2/c10-9(11,12)13(6-8(14)15)7-4-2-1-3-5-7/h1-5,8,14-15H,6H2. The van der Waals surface area contributed by atoms with Gasteiger partial charge in [-0.3, -0.25) is 4.90 Å². The highest BCUT2D eigenvalue weighted by atomic mass is 19.4. The molecular formula is C9H10F3NO2. The van der Waals surface area contributed by atoms with Crippen molar-refractivity contribution >= 4 is 5.69 Å². The average Bonchev–Trinajstić information content (AvgIpc) is 2.14. The van der Waals surface area contributed by atoms with Gasteiger partial charge in [-0.1, -0.05) is 18.2 Å². The summed E-state index contributed by atoms with van der Waals surface area (Å²) in [5, 5.41) is 17.1. The molecular weight excluding hydrogens is 211 g/mol. The fraction of sp³-hybridized carbons (Fsp3) is 0.333. The van der Waals surface area contributed by atoms with Gasteiger partial charge in [-0.2, -0.15) is 13.2 Å². The molecule has 15 heavy (non-hydrogen) atoms. The summed E-state index contributed by atoms with van der Waals surface area (Å²) in [4.78, 5) is -0.0301. The number of alkyl halides is 3. The van der Waals surface area contributed by atoms with Gasteiger partial charge in [0.05, 0.1) is 6.54 Å². The summed E-state index contributed by atoms with van der Waals surface area (Å²) in [6.07, 6.45) is -6.67. The highest BCUT2D eigenvalue weighted by molar-refractivity contribution is 5.46. The van der Waals surface area contributed by atoms with E-state index in [1.54, 1.807) is 6.07 Å². The number of anilines is 1. The molecule has 0 radical (unpaired) electrons. The van der Waals surface area contributed by atoms with Crippen LogP contribution in [-0.4, -0.2) is 29.3 Å². The lowest BCUT2D eigenvalue weighted by Crippen LogP contribution is -2.43. The third-order valence-electron chi connectivity index (χ3n) is 1.72. The van der Waals surface area contributed by atoms with Gasteiger partial charge in [0.15, 0.2) is 6.29 Å². The first-order chi connectivity index (χ1) is 6.91. The molecule has 0 fully saturated rings. The van der Waals surface area contributed by atoms with E-state index in [0.29, 0.717) is 0 Å². The Kier molecular flexibility index (Phi) is 3.54. The van der Waals surface area contributed by atoms with Gasteiger partial charge in [-0.15, -0.1) is 0 Å². The molecule has 0 bridgehead atoms. The molecule has 0 aliphatic heterocycles. The molecule has 2 N–H and O–H groups in total. The minimum Gasteiger partial charge on any atom is -0.367 e. The van der Waals surface area contributed by atoms with Crippen molar-refractivity contribution in [3.05, 3.63) is 30.3 Å². The Balaban J connectivity index is 2.92. The predicted octanol–water partition coefficient (Wildman–Crippen LogP) is 1.32. The number of hydrogen-bond acceptors (Lipinski definition) is 3. The zero-order valence-corrected chi connectivity index (χ0v) is 7.65. The number of aliphatic hydroxyl groups excluding tert-OH is 1. The van der Waals surface area contributed by atoms with Crippen LogP contribution in [0.2, 0.25) is 0 Å². The third-order valence-corrected chi connectivity index (χ3v) is 1.72. The molecule has 1 rings (SSSR count). The fourth-order valence-electron chi connectivity index (χ4n) is 1.13. The maximum Gasteiger partial charge on any atom is 0.485 e. The summed E-state index contributed by atoms with van der Waals surface area (Å²) in [5.41, 5.74) is -0.127. The molecule has 1 aromatic rings. The Morgan fingerprint density at radius 3 is 2.07 bits per heavy atom. The van der Waals surface area contributed by atoms with Crippen molar-refractivity contribution in [1.29, 1.82) is 0 Å². The Bertz CT molecular complexity index is 300. The van der Waals surface area contributed by atoms with Gasteiger partial charge >= 0.3 is 6.30 Å². The van der Waals surface area contributed by atoms with Crippen LogP contribution in [0.25, 0.3) is 0 Å². The van der Waals surface area contributed by atoms with Gasteiger partial charge in [0.1, 0.15) is 0 Å². The minimum atomic E-state index is -4.63. The van der Waals surface area contributed by atoms with Gasteiger partial charge < -0.3 is 10.2 Å². The quantitative estimate of drug-likeness (QED) is 0.597. The van der Waals surface area contributed by atoms with E-state index >= 15 is 0 Å². The number of hydrogen-bond donors (Lipinski definition) is 2. The van der Waals surface area contributed by atoms with Crippen LogP contribution in [0.5, 0.6) is 0 Å². The first kappa shape index (κ1) is 11.8. The number of para-hydroxylation sites is 1. The maximum atomic E-state index is 12.5. The van der Waals surface area contributed by atoms with E-state index < -0.39 is 19.1 Å². The predicted molar refractivity (Wildman–Crippen MR) is 48.1 cm³/mol. The van der Waals surface area contributed by atoms with Crippen molar-refractivity contribution in [2.45, 2.75) is 12.6 Å². The molecule has 1 aromatic carbocycles. The van der Waals surface area contributed by atoms with Crippen molar-refractivity contribution in [1.82, 2.24) is 0 Å². The maximum absolute atomic E-state index is 12.5. The Hall–Kier alpha value is -1.27. The van der Waals surface area contributed by atoms with E-state index in [4.69, 9.17) is 10.2 Å². The highest BCUT2D eigenvalue weighted by Crippen LogP contribution is 2.27. The van der Waals surface area contributed by atoms with E-state index in [2.05, 4.69) is 0 Å². The molecule has 0 aliphatic rings. The Labute approximate surface area is 84.4 Å². The molecule has 84 valence electrons. The first-order valence-electron chi connectivity index (χ1n) is 4.17. The van der Waals surface area contributed by atoms with Crippen LogP contribution in [0.15, 0.2) is 30.3 Å². The summed E-state index contributed by atoms with van der Waals surface area (Å²) in [6, 6.07) is 6.95. The number of aliphatic hydroxyl groups is 2. The number of halogens is 3. The monoisotopic (exact) mass is 221 g/mol. The van der Waals surface area contributed by atoms with E-state index in [1.807, 2.05) is 0 Å². The zero-order valence-electron chi connectivity index (χ0n) is 7.65. The molecule has 3 nitrogen and oxygen atoms in total. The minimum absolute atomic E-state index is 0.0301. The van der Waals surface area contributed by atoms with Crippen molar-refractivity contribution < 1.29 is 23.4 Å². The van der Waals surface area contributed by atoms with Crippen LogP contribution in [0, 0.1) is 0 Å². The van der Waals surface area contributed by atoms with Crippen molar-refractivity contribution in [2.24, 2.45) is 0 Å². The van der Waals surface area contributed by atoms with Crippen molar-refractivity contribution in [3.63, 3.8) is 0 Å². The number of nitrogens with zero attached hydrogens (tertiary/aromatic N) is 1. The van der Waals surface area contributed by atoms with Crippen LogP contribution in [-0.2, 0) is 0 Å². The van der Waals surface area contributed by atoms with E-state index in [-0.39, 0.29) is 10.6 Å². The van der Waals surface area contributed by atoms with Gasteiger partial charge in [0, 0.05) is 5.69 Å². The Morgan fingerprint density at radius 2 is 1.67 bits per heavy atom. The molecule has 0 heterocycles. The van der Waals surface area contributed by atoms with Gasteiger partial charge in [0.25, 0.3) is 0 Å². The third kappa shape index (κ3) is 3.41. The van der Waals surface area contributed by atoms with E-state index in [1.165, 1.54) is 24.3 Å². The molecule has 0 aliphatic carbocycles. The smallest absolute Gasteiger partial charge is 0.367 e. The van der Waals surface area contributed by atoms with Crippen LogP contribution in [0.3, 0.4) is 0 Å². The normalized spacial score (nSPS) is 11.9. The average molecular weight is 221 g/mol. The second-order valence-electron chi connectivity index (χ2n) is 2.89. The first-order valence-corrected chi connectivity index (χ1v) is 4.17. The van der Waals surface area contributed by atoms with Gasteiger partial charge in [0.2, 0.25) is 0 Å². The van der Waals surface area contributed by atoms with Crippen LogP contribution in [0.1, 0.15) is 0 Å². The highest BCUT2D eigenvalue weighted by Gasteiger charge is 2.38. The molecule has 0 amide bonds. The topological polar surface area (TPSA) is 43.7 Å². The second kappa shape index (κ2) is 4.50. The van der Waals surface area contributed by atoms with Crippen LogP contribution in [0.4, 0.5) is 18.9 Å². The summed E-state index contributed by atoms with van der Waals surface area (Å²) in [7, 11) is 0. The van der Waals surface area contributed by atoms with E-state index in [0.717, 1.165) is 0 Å². The van der Waals surface area contributed by atoms with Gasteiger partial charge in [-0.05, 0) is 12.1 Å². The van der Waals surface area contributed by atoms with Crippen molar-refractivity contribution in [2.75, 3.05) is 11.4 Å². The Morgan fingerprint density at radius 1 is 1.13 bits per heavy atom. The van der Waals surface area contributed by atoms with Crippen LogP contribution >= 0.6 is 0 Å². The SMILES string of the molecule is OC(O)CN(c1ccccc1)C(F)(F)F. The molecule has 0 saturated carbocycles. The lowest BCUT2D eigenvalue weighted by Gasteiger charge is -2.27. The molecule has 0 aromatic heterocycles. The second-order valence-corrected chi connectivity index (χ2v) is 2.89.